The molecule has 4 nitrogen and oxygen atoms in total. The zero-order valence-corrected chi connectivity index (χ0v) is 21.5. The Morgan fingerprint density at radius 2 is 1.32 bits per heavy atom. The van der Waals surface area contributed by atoms with Crippen LogP contribution in [0.1, 0.15) is 20.3 Å². The van der Waals surface area contributed by atoms with E-state index in [9.17, 15) is 0 Å². The van der Waals surface area contributed by atoms with Crippen molar-refractivity contribution in [2.45, 2.75) is 32.5 Å². The van der Waals surface area contributed by atoms with Crippen LogP contribution in [0.15, 0.2) is 91.3 Å². The molecule has 0 amide bonds. The minimum atomic E-state index is -0.375. The molecule has 0 aliphatic heterocycles. The maximum Gasteiger partial charge on any atom is 0.106 e. The summed E-state index contributed by atoms with van der Waals surface area (Å²) in [7, 11) is 0. The summed E-state index contributed by atoms with van der Waals surface area (Å²) in [6.07, 6.45) is 1.36. The second-order valence-corrected chi connectivity index (χ2v) is 8.19. The molecule has 5 aromatic rings. The Bertz CT molecular complexity index is 1260. The van der Waals surface area contributed by atoms with E-state index in [0.29, 0.717) is 6.42 Å². The van der Waals surface area contributed by atoms with Crippen LogP contribution in [0.4, 0.5) is 0 Å². The van der Waals surface area contributed by atoms with Gasteiger partial charge in [0.25, 0.3) is 0 Å². The van der Waals surface area contributed by atoms with Gasteiger partial charge >= 0.3 is 0 Å². The number of aliphatic hydroxyl groups is 2. The van der Waals surface area contributed by atoms with E-state index >= 15 is 0 Å². The Morgan fingerprint density at radius 3 is 2.00 bits per heavy atom. The third kappa shape index (κ3) is 6.13. The van der Waals surface area contributed by atoms with Crippen LogP contribution >= 0.6 is 0 Å². The van der Waals surface area contributed by atoms with Gasteiger partial charge in [0.1, 0.15) is 6.33 Å². The Labute approximate surface area is 213 Å². The number of hydrogen-bond donors (Lipinski definition) is 2. The minimum Gasteiger partial charge on any atom is -0.393 e. The fourth-order valence-corrected chi connectivity index (χ4v) is 3.96. The Morgan fingerprint density at radius 1 is 0.735 bits per heavy atom. The number of nitrogens with zero attached hydrogens (tertiary/aromatic N) is 2. The summed E-state index contributed by atoms with van der Waals surface area (Å²) in [5, 5.41) is 21.9. The molecule has 0 bridgehead atoms. The SMILES string of the molecule is CC(O)CC(C)O.[Ir].[c-]1ccc2ccccc2c1-c1cc(-c2cccc3ccccc23)ncn1. The summed E-state index contributed by atoms with van der Waals surface area (Å²) in [6.45, 7) is 3.32. The van der Waals surface area contributed by atoms with E-state index in [2.05, 4.69) is 82.8 Å². The number of fused-ring (bicyclic) bond motifs is 2. The summed E-state index contributed by atoms with van der Waals surface area (Å²) in [5.41, 5.74) is 3.94. The van der Waals surface area contributed by atoms with Crippen LogP contribution in [0, 0.1) is 6.07 Å². The van der Waals surface area contributed by atoms with Gasteiger partial charge in [-0.3, -0.25) is 4.98 Å². The number of aliphatic hydroxyl groups excluding tert-OH is 2. The normalized spacial score (nSPS) is 12.4. The number of rotatable bonds is 4. The van der Waals surface area contributed by atoms with E-state index < -0.39 is 0 Å². The molecule has 2 atom stereocenters. The molecule has 2 N–H and O–H groups in total. The molecule has 1 radical (unpaired) electrons. The van der Waals surface area contributed by atoms with E-state index in [4.69, 9.17) is 10.2 Å². The van der Waals surface area contributed by atoms with Gasteiger partial charge in [0.05, 0.1) is 17.9 Å². The number of benzene rings is 4. The standard InChI is InChI=1S/C24H15N2.C5H12O2.Ir/c1-3-11-19-17(7-1)9-5-13-21(19)23-15-24(26-16-25-23)22-14-6-10-18-8-2-4-12-20(18)22;1-4(6)3-5(2)7;/h1-13,15-16H;4-7H,3H2,1-2H3;/q-1;;. The van der Waals surface area contributed by atoms with E-state index in [1.165, 1.54) is 16.2 Å². The van der Waals surface area contributed by atoms with E-state index in [0.717, 1.165) is 27.9 Å². The van der Waals surface area contributed by atoms with Crippen molar-refractivity contribution in [3.05, 3.63) is 97.3 Å². The van der Waals surface area contributed by atoms with Crippen LogP contribution in [0.3, 0.4) is 0 Å². The van der Waals surface area contributed by atoms with Gasteiger partial charge in [-0.15, -0.1) is 29.1 Å². The van der Waals surface area contributed by atoms with Crippen molar-refractivity contribution in [1.82, 2.24) is 9.97 Å². The van der Waals surface area contributed by atoms with Crippen molar-refractivity contribution in [2.24, 2.45) is 0 Å². The molecule has 0 spiro atoms. The quantitative estimate of drug-likeness (QED) is 0.238. The van der Waals surface area contributed by atoms with E-state index in [-0.39, 0.29) is 32.3 Å². The van der Waals surface area contributed by atoms with Crippen molar-refractivity contribution in [2.75, 3.05) is 0 Å². The van der Waals surface area contributed by atoms with Crippen LogP contribution in [-0.4, -0.2) is 32.4 Å². The van der Waals surface area contributed by atoms with Gasteiger partial charge in [-0.2, -0.15) is 0 Å². The third-order valence-corrected chi connectivity index (χ3v) is 5.39. The smallest absolute Gasteiger partial charge is 0.106 e. The molecule has 0 saturated heterocycles. The predicted octanol–water partition coefficient (Wildman–Crippen LogP) is 6.05. The maximum absolute atomic E-state index is 8.56. The Kier molecular flexibility index (Phi) is 9.03. The second kappa shape index (κ2) is 12.0. The topological polar surface area (TPSA) is 66.2 Å². The largest absolute Gasteiger partial charge is 0.393 e. The molecule has 1 heterocycles. The van der Waals surface area contributed by atoms with Crippen molar-refractivity contribution in [3.8, 4) is 22.5 Å². The summed E-state index contributed by atoms with van der Waals surface area (Å²) in [4.78, 5) is 9.06. The molecule has 2 unspecified atom stereocenters. The zero-order chi connectivity index (χ0) is 23.2. The van der Waals surface area contributed by atoms with Gasteiger partial charge in [-0.25, -0.2) is 4.98 Å². The molecule has 175 valence electrons. The van der Waals surface area contributed by atoms with Crippen LogP contribution in [-0.2, 0) is 20.1 Å². The molecule has 0 saturated carbocycles. The average molecular weight is 628 g/mol. The maximum atomic E-state index is 8.56. The van der Waals surface area contributed by atoms with Gasteiger partial charge in [0.2, 0.25) is 0 Å². The van der Waals surface area contributed by atoms with Crippen LogP contribution < -0.4 is 0 Å². The minimum absolute atomic E-state index is 0. The third-order valence-electron chi connectivity index (χ3n) is 5.39. The van der Waals surface area contributed by atoms with Gasteiger partial charge in [-0.1, -0.05) is 78.2 Å². The van der Waals surface area contributed by atoms with Gasteiger partial charge in [-0.05, 0) is 36.7 Å². The summed E-state index contributed by atoms with van der Waals surface area (Å²) >= 11 is 0. The van der Waals surface area contributed by atoms with Crippen molar-refractivity contribution >= 4 is 21.5 Å². The number of hydrogen-bond acceptors (Lipinski definition) is 4. The number of aromatic nitrogens is 2. The first kappa shape index (κ1) is 25.7. The Hall–Kier alpha value is -2.95. The first-order chi connectivity index (χ1) is 16.0. The van der Waals surface area contributed by atoms with E-state index in [1.54, 1.807) is 20.2 Å². The first-order valence-corrected chi connectivity index (χ1v) is 11.1. The van der Waals surface area contributed by atoms with Crippen LogP contribution in [0.25, 0.3) is 44.1 Å². The monoisotopic (exact) mass is 628 g/mol. The van der Waals surface area contributed by atoms with Gasteiger partial charge in [0.15, 0.2) is 0 Å². The zero-order valence-electron chi connectivity index (χ0n) is 19.1. The molecule has 1 aromatic heterocycles. The molecule has 0 fully saturated rings. The van der Waals surface area contributed by atoms with E-state index in [1.807, 2.05) is 18.2 Å². The molecular formula is C29H27IrN2O2-. The first-order valence-electron chi connectivity index (χ1n) is 11.1. The summed E-state index contributed by atoms with van der Waals surface area (Å²) in [6, 6.07) is 32.4. The van der Waals surface area contributed by atoms with Gasteiger partial charge < -0.3 is 10.2 Å². The van der Waals surface area contributed by atoms with Crippen LogP contribution in [0.5, 0.6) is 0 Å². The van der Waals surface area contributed by atoms with Crippen LogP contribution in [0.2, 0.25) is 0 Å². The van der Waals surface area contributed by atoms with Crippen molar-refractivity contribution in [1.29, 1.82) is 0 Å². The van der Waals surface area contributed by atoms with Crippen molar-refractivity contribution < 1.29 is 30.3 Å². The fourth-order valence-electron chi connectivity index (χ4n) is 3.96. The molecule has 0 aliphatic rings. The molecule has 5 rings (SSSR count). The average Bonchev–Trinajstić information content (AvgIpc) is 2.83. The summed E-state index contributed by atoms with van der Waals surface area (Å²) in [5.74, 6) is 0. The summed E-state index contributed by atoms with van der Waals surface area (Å²) < 4.78 is 0. The van der Waals surface area contributed by atoms with Gasteiger partial charge in [0, 0.05) is 25.7 Å². The van der Waals surface area contributed by atoms with Crippen molar-refractivity contribution in [3.63, 3.8) is 0 Å². The molecule has 4 aromatic carbocycles. The fraction of sp³-hybridized carbons (Fsp3) is 0.172. The molecule has 5 heteroatoms. The molecule has 0 aliphatic carbocycles. The predicted molar refractivity (Wildman–Crippen MR) is 135 cm³/mol. The second-order valence-electron chi connectivity index (χ2n) is 8.19. The Balaban J connectivity index is 0.000000357. The molecule has 34 heavy (non-hydrogen) atoms. The molecular weight excluding hydrogens is 601 g/mol.